The third-order valence-electron chi connectivity index (χ3n) is 8.73. The number of aliphatic hydroxyl groups is 2. The molecule has 1 aromatic heterocycles. The fourth-order valence-corrected chi connectivity index (χ4v) is 7.91. The molecule has 0 spiro atoms. The van der Waals surface area contributed by atoms with Gasteiger partial charge in [0.15, 0.2) is 16.6 Å². The number of aliphatic hydroxyl groups excluding tert-OH is 2. The van der Waals surface area contributed by atoms with E-state index < -0.39 is 11.5 Å². The minimum Gasteiger partial charge on any atom is -0.454 e. The number of amides is 2. The number of ether oxygens (including phenoxy) is 2. The standard InChI is InChI=1S/C27H35N3O6S2/c1-26-7-6-21(32)27(2,13-31)20(26)10-19-24(30-25(38-19)29-23(34)12-37-3)16(26)9-22(33)28-11-15-4-5-17-18(8-15)36-14-35-17/h4-5,8,16,20-21,31-32H,6-7,9-14H2,1-3H3,(H,28,33)(H,29,30,34)/t16-,20+,21-,26+,27+/m1/s1. The van der Waals surface area contributed by atoms with Crippen LogP contribution in [0.1, 0.15) is 55.2 Å². The number of hydrogen-bond donors (Lipinski definition) is 4. The Bertz CT molecular complexity index is 1220. The molecule has 3 aliphatic rings. The summed E-state index contributed by atoms with van der Waals surface area (Å²) in [6.45, 7) is 4.53. The number of nitrogens with zero attached hydrogens (tertiary/aromatic N) is 1. The van der Waals surface area contributed by atoms with Crippen LogP contribution >= 0.6 is 23.1 Å². The summed E-state index contributed by atoms with van der Waals surface area (Å²) in [5, 5.41) is 27.8. The molecular formula is C27H35N3O6S2. The molecule has 1 fully saturated rings. The number of nitrogens with one attached hydrogen (secondary N) is 2. The van der Waals surface area contributed by atoms with Gasteiger partial charge in [0.25, 0.3) is 0 Å². The number of carbonyl (C=O) groups excluding carboxylic acids is 2. The van der Waals surface area contributed by atoms with Crippen LogP contribution in [0.3, 0.4) is 0 Å². The summed E-state index contributed by atoms with van der Waals surface area (Å²) < 4.78 is 10.8. The largest absolute Gasteiger partial charge is 0.454 e. The lowest BCUT2D eigenvalue weighted by molar-refractivity contribution is -0.144. The van der Waals surface area contributed by atoms with E-state index in [2.05, 4.69) is 17.6 Å². The molecule has 2 amide bonds. The summed E-state index contributed by atoms with van der Waals surface area (Å²) >= 11 is 2.88. The van der Waals surface area contributed by atoms with E-state index in [1.807, 2.05) is 31.4 Å². The SMILES string of the molecule is CSCC(=O)Nc1nc2c(s1)C[C@@H]1[C@](C)(CO)[C@H](O)CC[C@@]1(C)[C@@H]2CC(=O)NCc1ccc2c(c1)OCO2. The van der Waals surface area contributed by atoms with Crippen molar-refractivity contribution in [3.8, 4) is 11.5 Å². The third kappa shape index (κ3) is 4.89. The molecule has 4 N–H and O–H groups in total. The van der Waals surface area contributed by atoms with Crippen molar-refractivity contribution in [2.75, 3.05) is 30.7 Å². The van der Waals surface area contributed by atoms with Crippen LogP contribution in [-0.4, -0.2) is 58.5 Å². The molecule has 5 rings (SSSR count). The molecule has 2 aliphatic carbocycles. The number of thioether (sulfide) groups is 1. The Morgan fingerprint density at radius 1 is 1.24 bits per heavy atom. The van der Waals surface area contributed by atoms with E-state index in [1.165, 1.54) is 23.1 Å². The molecule has 2 aromatic rings. The van der Waals surface area contributed by atoms with Crippen molar-refractivity contribution in [2.45, 2.75) is 58.1 Å². The molecule has 0 bridgehead atoms. The number of anilines is 1. The van der Waals surface area contributed by atoms with Gasteiger partial charge in [0.1, 0.15) is 0 Å². The molecule has 11 heteroatoms. The van der Waals surface area contributed by atoms with Gasteiger partial charge >= 0.3 is 0 Å². The zero-order valence-corrected chi connectivity index (χ0v) is 23.5. The maximum atomic E-state index is 13.3. The van der Waals surface area contributed by atoms with E-state index in [-0.39, 0.29) is 48.9 Å². The lowest BCUT2D eigenvalue weighted by Crippen LogP contribution is -2.57. The van der Waals surface area contributed by atoms with E-state index >= 15 is 0 Å². The number of thiazole rings is 1. The van der Waals surface area contributed by atoms with Gasteiger partial charge in [0, 0.05) is 29.2 Å². The van der Waals surface area contributed by atoms with Crippen LogP contribution in [0, 0.1) is 16.7 Å². The maximum absolute atomic E-state index is 13.3. The first kappa shape index (κ1) is 27.2. The van der Waals surface area contributed by atoms with Gasteiger partial charge in [-0.3, -0.25) is 9.59 Å². The van der Waals surface area contributed by atoms with Gasteiger partial charge in [-0.25, -0.2) is 4.98 Å². The minimum absolute atomic E-state index is 0.0434. The summed E-state index contributed by atoms with van der Waals surface area (Å²) in [7, 11) is 0. The van der Waals surface area contributed by atoms with Crippen molar-refractivity contribution < 1.29 is 29.3 Å². The Hall–Kier alpha value is -2.34. The average Bonchev–Trinajstić information content (AvgIpc) is 3.52. The molecule has 0 radical (unpaired) electrons. The van der Waals surface area contributed by atoms with Crippen molar-refractivity contribution in [3.63, 3.8) is 0 Å². The Labute approximate surface area is 230 Å². The van der Waals surface area contributed by atoms with E-state index in [9.17, 15) is 19.8 Å². The highest BCUT2D eigenvalue weighted by molar-refractivity contribution is 7.99. The van der Waals surface area contributed by atoms with E-state index in [4.69, 9.17) is 14.5 Å². The highest BCUT2D eigenvalue weighted by atomic mass is 32.2. The van der Waals surface area contributed by atoms with Crippen molar-refractivity contribution in [3.05, 3.63) is 34.3 Å². The number of hydrogen-bond acceptors (Lipinski definition) is 9. The van der Waals surface area contributed by atoms with Crippen molar-refractivity contribution in [1.29, 1.82) is 0 Å². The predicted octanol–water partition coefficient (Wildman–Crippen LogP) is 3.30. The van der Waals surface area contributed by atoms with Gasteiger partial charge < -0.3 is 30.3 Å². The van der Waals surface area contributed by atoms with Crippen LogP contribution in [0.25, 0.3) is 0 Å². The Kier molecular flexibility index (Phi) is 7.65. The number of aromatic nitrogens is 1. The normalized spacial score (nSPS) is 29.3. The zero-order chi connectivity index (χ0) is 27.1. The second kappa shape index (κ2) is 10.7. The first-order chi connectivity index (χ1) is 18.2. The van der Waals surface area contributed by atoms with Crippen molar-refractivity contribution >= 4 is 40.0 Å². The molecular weight excluding hydrogens is 526 g/mol. The Morgan fingerprint density at radius 3 is 2.79 bits per heavy atom. The van der Waals surface area contributed by atoms with Crippen molar-refractivity contribution in [2.24, 2.45) is 16.7 Å². The molecule has 38 heavy (non-hydrogen) atoms. The van der Waals surface area contributed by atoms with Crippen molar-refractivity contribution in [1.82, 2.24) is 10.3 Å². The molecule has 0 saturated heterocycles. The monoisotopic (exact) mass is 561 g/mol. The summed E-state index contributed by atoms with van der Waals surface area (Å²) in [5.74, 6) is 1.24. The van der Waals surface area contributed by atoms with Crippen LogP contribution in [0.5, 0.6) is 11.5 Å². The number of benzene rings is 1. The molecule has 206 valence electrons. The fraction of sp³-hybridized carbons (Fsp3) is 0.593. The summed E-state index contributed by atoms with van der Waals surface area (Å²) in [5.41, 5.74) is 0.715. The molecule has 1 saturated carbocycles. The van der Waals surface area contributed by atoms with E-state index in [0.717, 1.165) is 22.6 Å². The predicted molar refractivity (Wildman–Crippen MR) is 147 cm³/mol. The minimum atomic E-state index is -0.696. The summed E-state index contributed by atoms with van der Waals surface area (Å²) in [4.78, 5) is 31.5. The highest BCUT2D eigenvalue weighted by Crippen LogP contribution is 2.62. The van der Waals surface area contributed by atoms with Gasteiger partial charge in [-0.05, 0) is 54.5 Å². The smallest absolute Gasteiger partial charge is 0.236 e. The third-order valence-corrected chi connectivity index (χ3v) is 10.3. The highest BCUT2D eigenvalue weighted by Gasteiger charge is 2.59. The number of rotatable bonds is 8. The quantitative estimate of drug-likeness (QED) is 0.386. The number of fused-ring (bicyclic) bond motifs is 3. The lowest BCUT2D eigenvalue weighted by Gasteiger charge is -2.58. The van der Waals surface area contributed by atoms with Crippen LogP contribution < -0.4 is 20.1 Å². The summed E-state index contributed by atoms with van der Waals surface area (Å²) in [6.07, 6.45) is 3.39. The van der Waals surface area contributed by atoms with Gasteiger partial charge in [0.2, 0.25) is 18.6 Å². The molecule has 5 atom stereocenters. The molecule has 0 unspecified atom stereocenters. The van der Waals surface area contributed by atoms with Crippen LogP contribution in [-0.2, 0) is 22.6 Å². The average molecular weight is 562 g/mol. The zero-order valence-electron chi connectivity index (χ0n) is 21.9. The first-order valence-electron chi connectivity index (χ1n) is 12.9. The van der Waals surface area contributed by atoms with Gasteiger partial charge in [-0.2, -0.15) is 11.8 Å². The maximum Gasteiger partial charge on any atom is 0.236 e. The topological polar surface area (TPSA) is 130 Å². The second-order valence-corrected chi connectivity index (χ2v) is 13.0. The Balaban J connectivity index is 1.40. The van der Waals surface area contributed by atoms with Gasteiger partial charge in [-0.1, -0.05) is 19.9 Å². The van der Waals surface area contributed by atoms with E-state index in [1.54, 1.807) is 0 Å². The van der Waals surface area contributed by atoms with Gasteiger partial charge in [-0.15, -0.1) is 11.3 Å². The fourth-order valence-electron chi connectivity index (χ4n) is 6.49. The van der Waals surface area contributed by atoms with Gasteiger partial charge in [0.05, 0.1) is 24.2 Å². The lowest BCUT2D eigenvalue weighted by atomic mass is 9.47. The molecule has 1 aliphatic heterocycles. The molecule has 1 aromatic carbocycles. The first-order valence-corrected chi connectivity index (χ1v) is 15.1. The van der Waals surface area contributed by atoms with Crippen LogP contribution in [0.2, 0.25) is 0 Å². The second-order valence-electron chi connectivity index (χ2n) is 11.0. The van der Waals surface area contributed by atoms with Crippen LogP contribution in [0.15, 0.2) is 18.2 Å². The molecule has 9 nitrogen and oxygen atoms in total. The number of carbonyl (C=O) groups is 2. The Morgan fingerprint density at radius 2 is 2.03 bits per heavy atom. The summed E-state index contributed by atoms with van der Waals surface area (Å²) in [6, 6.07) is 5.62. The van der Waals surface area contributed by atoms with E-state index in [0.29, 0.717) is 41.8 Å². The van der Waals surface area contributed by atoms with Crippen LogP contribution in [0.4, 0.5) is 5.13 Å². The molecule has 2 heterocycles.